The molecule has 0 fully saturated rings. The first kappa shape index (κ1) is 18.4. The van der Waals surface area contributed by atoms with Crippen LogP contribution in [0.4, 0.5) is 0 Å². The summed E-state index contributed by atoms with van der Waals surface area (Å²) in [6.45, 7) is 16.1. The Kier molecular flexibility index (Phi) is 7.11. The van der Waals surface area contributed by atoms with Crippen LogP contribution in [0.3, 0.4) is 0 Å². The van der Waals surface area contributed by atoms with Crippen molar-refractivity contribution < 1.29 is 9.16 Å². The van der Waals surface area contributed by atoms with Crippen LogP contribution < -0.4 is 0 Å². The van der Waals surface area contributed by atoms with E-state index in [9.17, 15) is 0 Å². The summed E-state index contributed by atoms with van der Waals surface area (Å²) in [6, 6.07) is 10.3. The zero-order valence-electron chi connectivity index (χ0n) is 14.6. The maximum absolute atomic E-state index is 6.21. The average molecular weight is 309 g/mol. The van der Waals surface area contributed by atoms with Gasteiger partial charge in [0.25, 0.3) is 0 Å². The van der Waals surface area contributed by atoms with Crippen LogP contribution in [0.1, 0.15) is 39.7 Å². The molecular weight excluding hydrogens is 276 g/mol. The topological polar surface area (TPSA) is 18.5 Å². The number of benzene rings is 1. The fourth-order valence-corrected chi connectivity index (χ4v) is 2.83. The molecule has 3 heteroatoms. The zero-order valence-corrected chi connectivity index (χ0v) is 15.6. The lowest BCUT2D eigenvalue weighted by Gasteiger charge is -2.36. The average Bonchev–Trinajstić information content (AvgIpc) is 2.38. The number of hydrogen-bond acceptors (Lipinski definition) is 2. The fraction of sp³-hybridized carbons (Fsp3) is 0.667. The molecule has 1 aromatic rings. The lowest BCUT2D eigenvalue weighted by Crippen LogP contribution is -2.41. The second-order valence-corrected chi connectivity index (χ2v) is 12.3. The van der Waals surface area contributed by atoms with Crippen LogP contribution in [0.15, 0.2) is 30.3 Å². The Hall–Kier alpha value is -0.643. The third-order valence-corrected chi connectivity index (χ3v) is 8.93. The van der Waals surface area contributed by atoms with Gasteiger partial charge in [0.2, 0.25) is 0 Å². The second kappa shape index (κ2) is 8.11. The van der Waals surface area contributed by atoms with Crippen molar-refractivity contribution in [2.24, 2.45) is 5.92 Å². The number of ether oxygens (including phenoxy) is 1. The van der Waals surface area contributed by atoms with E-state index in [0.717, 1.165) is 19.6 Å². The van der Waals surface area contributed by atoms with E-state index in [1.165, 1.54) is 5.56 Å². The summed E-state index contributed by atoms with van der Waals surface area (Å²) in [4.78, 5) is 0. The Morgan fingerprint density at radius 3 is 2.29 bits per heavy atom. The first-order valence-electron chi connectivity index (χ1n) is 7.98. The molecule has 0 amide bonds. The highest BCUT2D eigenvalue weighted by molar-refractivity contribution is 6.74. The van der Waals surface area contributed by atoms with E-state index in [-0.39, 0.29) is 0 Å². The molecule has 1 atom stereocenters. The van der Waals surface area contributed by atoms with Crippen LogP contribution in [0.2, 0.25) is 18.1 Å². The van der Waals surface area contributed by atoms with Gasteiger partial charge in [0.15, 0.2) is 8.32 Å². The summed E-state index contributed by atoms with van der Waals surface area (Å²) >= 11 is 0. The molecule has 1 aromatic carbocycles. The summed E-state index contributed by atoms with van der Waals surface area (Å²) in [5.74, 6) is 0.540. The van der Waals surface area contributed by atoms with Crippen LogP contribution >= 0.6 is 0 Å². The summed E-state index contributed by atoms with van der Waals surface area (Å²) in [7, 11) is -1.60. The minimum absolute atomic E-state index is 0.292. The molecule has 0 aromatic heterocycles. The molecule has 0 aliphatic carbocycles. The Morgan fingerprint density at radius 1 is 1.10 bits per heavy atom. The van der Waals surface area contributed by atoms with Crippen molar-refractivity contribution in [1.82, 2.24) is 0 Å². The van der Waals surface area contributed by atoms with Gasteiger partial charge in [0.05, 0.1) is 6.61 Å². The molecule has 1 rings (SSSR count). The van der Waals surface area contributed by atoms with Crippen LogP contribution in [0.5, 0.6) is 0 Å². The highest BCUT2D eigenvalue weighted by atomic mass is 28.4. The van der Waals surface area contributed by atoms with Gasteiger partial charge in [-0.15, -0.1) is 0 Å². The zero-order chi connectivity index (χ0) is 15.9. The van der Waals surface area contributed by atoms with E-state index >= 15 is 0 Å². The predicted octanol–water partition coefficient (Wildman–Crippen LogP) is 5.25. The SMILES string of the molecule is C[C@@H](CCO[Si](C)(C)C(C)(C)C)COCc1ccccc1. The third-order valence-electron chi connectivity index (χ3n) is 4.39. The van der Waals surface area contributed by atoms with Crippen molar-refractivity contribution in [1.29, 1.82) is 0 Å². The molecule has 0 bridgehead atoms. The van der Waals surface area contributed by atoms with Crippen molar-refractivity contribution in [2.45, 2.75) is 58.9 Å². The van der Waals surface area contributed by atoms with E-state index in [2.05, 4.69) is 65.1 Å². The van der Waals surface area contributed by atoms with E-state index in [1.807, 2.05) is 6.07 Å². The summed E-state index contributed by atoms with van der Waals surface area (Å²) in [5.41, 5.74) is 1.24. The molecular formula is C18H32O2Si. The molecule has 0 heterocycles. The molecule has 0 aliphatic heterocycles. The van der Waals surface area contributed by atoms with Gasteiger partial charge in [-0.25, -0.2) is 0 Å². The van der Waals surface area contributed by atoms with E-state index in [0.29, 0.717) is 17.6 Å². The van der Waals surface area contributed by atoms with Crippen LogP contribution in [0.25, 0.3) is 0 Å². The fourth-order valence-electron chi connectivity index (χ4n) is 1.77. The lowest BCUT2D eigenvalue weighted by molar-refractivity contribution is 0.0834. The smallest absolute Gasteiger partial charge is 0.191 e. The second-order valence-electron chi connectivity index (χ2n) is 7.50. The van der Waals surface area contributed by atoms with Crippen molar-refractivity contribution in [3.05, 3.63) is 35.9 Å². The monoisotopic (exact) mass is 308 g/mol. The Labute approximate surface area is 132 Å². The van der Waals surface area contributed by atoms with Gasteiger partial charge in [-0.2, -0.15) is 0 Å². The summed E-state index contributed by atoms with van der Waals surface area (Å²) in [6.07, 6.45) is 1.07. The molecule has 0 saturated carbocycles. The Balaban J connectivity index is 2.18. The molecule has 0 unspecified atom stereocenters. The summed E-state index contributed by atoms with van der Waals surface area (Å²) in [5, 5.41) is 0.292. The highest BCUT2D eigenvalue weighted by Crippen LogP contribution is 2.36. The van der Waals surface area contributed by atoms with Crippen LogP contribution in [-0.2, 0) is 15.8 Å². The van der Waals surface area contributed by atoms with E-state index in [1.54, 1.807) is 0 Å². The van der Waals surface area contributed by atoms with Crippen LogP contribution in [-0.4, -0.2) is 21.5 Å². The van der Waals surface area contributed by atoms with Crippen molar-refractivity contribution in [3.8, 4) is 0 Å². The quantitative estimate of drug-likeness (QED) is 0.611. The molecule has 0 saturated heterocycles. The summed E-state index contributed by atoms with van der Waals surface area (Å²) < 4.78 is 12.0. The molecule has 0 spiro atoms. The first-order chi connectivity index (χ1) is 9.72. The highest BCUT2D eigenvalue weighted by Gasteiger charge is 2.36. The molecule has 21 heavy (non-hydrogen) atoms. The van der Waals surface area contributed by atoms with Gasteiger partial charge in [0.1, 0.15) is 0 Å². The van der Waals surface area contributed by atoms with Crippen molar-refractivity contribution >= 4 is 8.32 Å². The molecule has 0 N–H and O–H groups in total. The van der Waals surface area contributed by atoms with Crippen molar-refractivity contribution in [3.63, 3.8) is 0 Å². The first-order valence-corrected chi connectivity index (χ1v) is 10.9. The van der Waals surface area contributed by atoms with E-state index in [4.69, 9.17) is 9.16 Å². The van der Waals surface area contributed by atoms with Gasteiger partial charge in [-0.05, 0) is 36.0 Å². The van der Waals surface area contributed by atoms with Gasteiger partial charge in [-0.1, -0.05) is 58.0 Å². The minimum Gasteiger partial charge on any atom is -0.417 e. The largest absolute Gasteiger partial charge is 0.417 e. The molecule has 120 valence electrons. The lowest BCUT2D eigenvalue weighted by atomic mass is 10.1. The van der Waals surface area contributed by atoms with Gasteiger partial charge in [-0.3, -0.25) is 0 Å². The standard InChI is InChI=1S/C18H32O2Si/c1-16(12-13-20-21(5,6)18(2,3)4)14-19-15-17-10-8-7-9-11-17/h7-11,16H,12-15H2,1-6H3/t16-/m0/s1. The normalized spacial score (nSPS) is 14.2. The van der Waals surface area contributed by atoms with Crippen molar-refractivity contribution in [2.75, 3.05) is 13.2 Å². The number of hydrogen-bond donors (Lipinski definition) is 0. The van der Waals surface area contributed by atoms with Crippen LogP contribution in [0, 0.1) is 5.92 Å². The van der Waals surface area contributed by atoms with E-state index < -0.39 is 8.32 Å². The number of rotatable bonds is 8. The maximum Gasteiger partial charge on any atom is 0.191 e. The van der Waals surface area contributed by atoms with Gasteiger partial charge < -0.3 is 9.16 Å². The maximum atomic E-state index is 6.21. The molecule has 0 aliphatic rings. The molecule has 2 nitrogen and oxygen atoms in total. The Morgan fingerprint density at radius 2 is 1.71 bits per heavy atom. The predicted molar refractivity (Wildman–Crippen MR) is 93.0 cm³/mol. The van der Waals surface area contributed by atoms with Gasteiger partial charge >= 0.3 is 0 Å². The Bertz CT molecular complexity index is 395. The van der Waals surface area contributed by atoms with Gasteiger partial charge in [0, 0.05) is 13.2 Å². The minimum atomic E-state index is -1.60. The molecule has 0 radical (unpaired) electrons. The third kappa shape index (κ3) is 6.77.